The molecule has 0 spiro atoms. The molecule has 1 heterocycles. The van der Waals surface area contributed by atoms with Crippen molar-refractivity contribution in [2.24, 2.45) is 40.4 Å². The SMILES string of the molecule is C[C@@]1(O)CC[C@@]2(C)C(CCC3C2CC[C@]2(C)C(C(=O)COc4ccc5ncccc5c4)CCC32)C1. The topological polar surface area (TPSA) is 59.4 Å². The number of carbonyl (C=O) groups is 1. The minimum atomic E-state index is -0.480. The molecule has 1 aromatic carbocycles. The number of aromatic nitrogens is 1. The monoisotopic (exact) mass is 475 g/mol. The van der Waals surface area contributed by atoms with Crippen molar-refractivity contribution in [3.8, 4) is 5.75 Å². The van der Waals surface area contributed by atoms with Crippen LogP contribution in [0, 0.1) is 40.4 Å². The maximum absolute atomic E-state index is 13.5. The van der Waals surface area contributed by atoms with E-state index in [1.54, 1.807) is 6.20 Å². The fraction of sp³-hybridized carbons (Fsp3) is 0.677. The number of carbonyl (C=O) groups excluding carboxylic acids is 1. The first-order chi connectivity index (χ1) is 16.7. The summed E-state index contributed by atoms with van der Waals surface area (Å²) < 4.78 is 6.02. The molecule has 1 N–H and O–H groups in total. The van der Waals surface area contributed by atoms with Crippen molar-refractivity contribution >= 4 is 16.7 Å². The van der Waals surface area contributed by atoms with Crippen molar-refractivity contribution in [2.75, 3.05) is 6.61 Å². The molecule has 4 nitrogen and oxygen atoms in total. The summed E-state index contributed by atoms with van der Waals surface area (Å²) in [6.45, 7) is 7.17. The number of aliphatic hydroxyl groups is 1. The molecule has 8 atom stereocenters. The van der Waals surface area contributed by atoms with Crippen LogP contribution in [0.25, 0.3) is 10.9 Å². The van der Waals surface area contributed by atoms with Gasteiger partial charge in [0, 0.05) is 17.5 Å². The van der Waals surface area contributed by atoms with Gasteiger partial charge in [-0.1, -0.05) is 19.9 Å². The molecule has 4 aliphatic rings. The molecule has 4 fully saturated rings. The highest BCUT2D eigenvalue weighted by molar-refractivity contribution is 5.84. The Kier molecular flexibility index (Phi) is 5.56. The van der Waals surface area contributed by atoms with E-state index >= 15 is 0 Å². The van der Waals surface area contributed by atoms with Crippen LogP contribution in [0.1, 0.15) is 78.6 Å². The van der Waals surface area contributed by atoms with E-state index in [9.17, 15) is 9.90 Å². The van der Waals surface area contributed by atoms with Gasteiger partial charge in [-0.3, -0.25) is 9.78 Å². The molecule has 188 valence electrons. The van der Waals surface area contributed by atoms with E-state index in [1.165, 1.54) is 25.7 Å². The second kappa shape index (κ2) is 8.30. The minimum Gasteiger partial charge on any atom is -0.486 e. The number of benzene rings is 1. The number of ether oxygens (including phenoxy) is 1. The van der Waals surface area contributed by atoms with Crippen LogP contribution >= 0.6 is 0 Å². The molecule has 5 unspecified atom stereocenters. The Morgan fingerprint density at radius 1 is 1.00 bits per heavy atom. The van der Waals surface area contributed by atoms with E-state index in [2.05, 4.69) is 18.8 Å². The second-order valence-electron chi connectivity index (χ2n) is 13.1. The van der Waals surface area contributed by atoms with E-state index in [1.807, 2.05) is 37.3 Å². The predicted octanol–water partition coefficient (Wildman–Crippen LogP) is 6.59. The van der Waals surface area contributed by atoms with Gasteiger partial charge in [0.1, 0.15) is 12.4 Å². The lowest BCUT2D eigenvalue weighted by Gasteiger charge is -2.61. The van der Waals surface area contributed by atoms with Crippen molar-refractivity contribution < 1.29 is 14.6 Å². The van der Waals surface area contributed by atoms with Gasteiger partial charge < -0.3 is 9.84 Å². The highest BCUT2D eigenvalue weighted by Gasteiger charge is 2.61. The Morgan fingerprint density at radius 2 is 1.83 bits per heavy atom. The van der Waals surface area contributed by atoms with Gasteiger partial charge in [-0.25, -0.2) is 0 Å². The van der Waals surface area contributed by atoms with E-state index in [-0.39, 0.29) is 23.7 Å². The van der Waals surface area contributed by atoms with Crippen molar-refractivity contribution in [2.45, 2.75) is 84.2 Å². The summed E-state index contributed by atoms with van der Waals surface area (Å²) in [5.41, 5.74) is 0.937. The summed E-state index contributed by atoms with van der Waals surface area (Å²) in [5.74, 6) is 3.96. The Balaban J connectivity index is 1.15. The van der Waals surface area contributed by atoms with Crippen molar-refractivity contribution in [3.05, 3.63) is 36.5 Å². The number of hydrogen-bond donors (Lipinski definition) is 1. The fourth-order valence-corrected chi connectivity index (χ4v) is 9.36. The maximum Gasteiger partial charge on any atom is 0.173 e. The Morgan fingerprint density at radius 3 is 2.69 bits per heavy atom. The molecule has 4 saturated carbocycles. The summed E-state index contributed by atoms with van der Waals surface area (Å²) in [6, 6.07) is 9.83. The Hall–Kier alpha value is -1.94. The van der Waals surface area contributed by atoms with Gasteiger partial charge in [-0.2, -0.15) is 0 Å². The summed E-state index contributed by atoms with van der Waals surface area (Å²) in [7, 11) is 0. The van der Waals surface area contributed by atoms with Crippen molar-refractivity contribution in [3.63, 3.8) is 0 Å². The largest absolute Gasteiger partial charge is 0.486 e. The van der Waals surface area contributed by atoms with Crippen LogP contribution in [-0.2, 0) is 4.79 Å². The molecular weight excluding hydrogens is 434 g/mol. The quantitative estimate of drug-likeness (QED) is 0.542. The molecule has 0 aliphatic heterocycles. The number of pyridine rings is 1. The molecule has 4 heteroatoms. The molecule has 0 amide bonds. The molecule has 1 aromatic heterocycles. The first-order valence-electron chi connectivity index (χ1n) is 13.9. The lowest BCUT2D eigenvalue weighted by atomic mass is 9.44. The lowest BCUT2D eigenvalue weighted by molar-refractivity contribution is -0.151. The van der Waals surface area contributed by atoms with Crippen LogP contribution in [0.3, 0.4) is 0 Å². The number of fused-ring (bicyclic) bond motifs is 6. The van der Waals surface area contributed by atoms with Gasteiger partial charge in [-0.15, -0.1) is 0 Å². The third kappa shape index (κ3) is 3.82. The van der Waals surface area contributed by atoms with Crippen molar-refractivity contribution in [1.29, 1.82) is 0 Å². The zero-order valence-electron chi connectivity index (χ0n) is 21.6. The van der Waals surface area contributed by atoms with Crippen LogP contribution in [-0.4, -0.2) is 28.1 Å². The van der Waals surface area contributed by atoms with Gasteiger partial charge in [0.15, 0.2) is 5.78 Å². The average molecular weight is 476 g/mol. The summed E-state index contributed by atoms with van der Waals surface area (Å²) >= 11 is 0. The number of Topliss-reactive ketones (excluding diaryl/α,β-unsaturated/α-hetero) is 1. The first kappa shape index (κ1) is 23.5. The van der Waals surface area contributed by atoms with Gasteiger partial charge >= 0.3 is 0 Å². The number of rotatable bonds is 4. The predicted molar refractivity (Wildman–Crippen MR) is 138 cm³/mol. The summed E-state index contributed by atoms with van der Waals surface area (Å²) in [5, 5.41) is 11.8. The highest BCUT2D eigenvalue weighted by atomic mass is 16.5. The van der Waals surface area contributed by atoms with E-state index in [4.69, 9.17) is 4.74 Å². The number of nitrogens with zero attached hydrogens (tertiary/aromatic N) is 1. The zero-order chi connectivity index (χ0) is 24.4. The van der Waals surface area contributed by atoms with E-state index in [0.717, 1.165) is 60.6 Å². The van der Waals surface area contributed by atoms with Crippen LogP contribution < -0.4 is 4.74 Å². The number of ketones is 1. The minimum absolute atomic E-state index is 0.109. The van der Waals surface area contributed by atoms with Crippen molar-refractivity contribution in [1.82, 2.24) is 4.98 Å². The Labute approximate surface area is 209 Å². The molecule has 0 bridgehead atoms. The van der Waals surface area contributed by atoms with E-state index < -0.39 is 5.60 Å². The smallest absolute Gasteiger partial charge is 0.173 e. The normalized spacial score (nSPS) is 42.7. The number of hydrogen-bond acceptors (Lipinski definition) is 4. The van der Waals surface area contributed by atoms with E-state index in [0.29, 0.717) is 17.3 Å². The Bertz CT molecular complexity index is 1130. The molecule has 6 rings (SSSR count). The molecular formula is C31H41NO3. The van der Waals surface area contributed by atoms with Crippen LogP contribution in [0.15, 0.2) is 36.5 Å². The van der Waals surface area contributed by atoms with Gasteiger partial charge in [0.05, 0.1) is 11.1 Å². The van der Waals surface area contributed by atoms with Gasteiger partial charge in [0.25, 0.3) is 0 Å². The third-order valence-corrected chi connectivity index (χ3v) is 11.3. The third-order valence-electron chi connectivity index (χ3n) is 11.3. The molecule has 0 saturated heterocycles. The van der Waals surface area contributed by atoms with Crippen LogP contribution in [0.2, 0.25) is 0 Å². The standard InChI is InChI=1S/C31H41NO3/c1-29(34)14-15-30(2)21(18-29)6-8-23-24-9-10-26(31(24,3)13-12-25(23)30)28(33)19-35-22-7-11-27-20(17-22)5-4-16-32-27/h4-5,7,11,16-17,21,23-26,34H,6,8-10,12-15,18-19H2,1-3H3/t21?,23?,24?,25?,26?,29-,30+,31+/m1/s1. The summed E-state index contributed by atoms with van der Waals surface area (Å²) in [6.07, 6.45) is 12.0. The molecule has 35 heavy (non-hydrogen) atoms. The summed E-state index contributed by atoms with van der Waals surface area (Å²) in [4.78, 5) is 17.9. The fourth-order valence-electron chi connectivity index (χ4n) is 9.36. The molecule has 0 radical (unpaired) electrons. The zero-order valence-corrected chi connectivity index (χ0v) is 21.6. The average Bonchev–Trinajstić information content (AvgIpc) is 3.20. The molecule has 2 aromatic rings. The second-order valence-corrected chi connectivity index (χ2v) is 13.1. The van der Waals surface area contributed by atoms with Crippen LogP contribution in [0.5, 0.6) is 5.75 Å². The van der Waals surface area contributed by atoms with Gasteiger partial charge in [-0.05, 0) is 123 Å². The van der Waals surface area contributed by atoms with Gasteiger partial charge in [0.2, 0.25) is 0 Å². The highest BCUT2D eigenvalue weighted by Crippen LogP contribution is 2.68. The molecule has 4 aliphatic carbocycles. The first-order valence-corrected chi connectivity index (χ1v) is 13.9. The van der Waals surface area contributed by atoms with Crippen LogP contribution in [0.4, 0.5) is 0 Å². The lowest BCUT2D eigenvalue weighted by Crippen LogP contribution is -2.55. The maximum atomic E-state index is 13.5.